The summed E-state index contributed by atoms with van der Waals surface area (Å²) in [6.45, 7) is 2.10. The average Bonchev–Trinajstić information content (AvgIpc) is 2.20. The molecule has 1 nitrogen and oxygen atoms in total. The maximum atomic E-state index is 2.17. The second-order valence-electron chi connectivity index (χ2n) is 3.05. The van der Waals surface area contributed by atoms with Crippen molar-refractivity contribution in [2.45, 2.75) is 6.92 Å². The molecule has 0 radical (unpaired) electrons. The zero-order valence-corrected chi connectivity index (χ0v) is 8.78. The smallest absolute Gasteiger partial charge is 0.210 e. The summed E-state index contributed by atoms with van der Waals surface area (Å²) in [4.78, 5) is 0. The van der Waals surface area contributed by atoms with Gasteiger partial charge in [-0.15, -0.1) is 0 Å². The van der Waals surface area contributed by atoms with Crippen molar-refractivity contribution in [1.29, 1.82) is 0 Å². The van der Waals surface area contributed by atoms with E-state index in [9.17, 15) is 0 Å². The molecule has 2 heteroatoms. The van der Waals surface area contributed by atoms with Crippen LogP contribution < -0.4 is 17.0 Å². The number of aryl methyl sites for hydroxylation is 1. The summed E-state index contributed by atoms with van der Waals surface area (Å²) in [6, 6.07) is 16.5. The van der Waals surface area contributed by atoms with E-state index in [2.05, 4.69) is 54.1 Å². The van der Waals surface area contributed by atoms with Gasteiger partial charge in [-0.3, -0.25) is 0 Å². The Hall–Kier alpha value is -1.34. The number of aromatic nitrogens is 1. The van der Waals surface area contributed by atoms with E-state index < -0.39 is 0 Å². The molecule has 0 atom stereocenters. The maximum absolute atomic E-state index is 2.17. The second kappa shape index (κ2) is 4.77. The monoisotopic (exact) mass is 205 g/mol. The molecule has 1 aromatic carbocycles. The van der Waals surface area contributed by atoms with Gasteiger partial charge in [0, 0.05) is 31.2 Å². The van der Waals surface area contributed by atoms with Crippen LogP contribution in [0.3, 0.4) is 0 Å². The highest BCUT2D eigenvalue weighted by molar-refractivity contribution is 5.22. The minimum absolute atomic E-state index is 0. The van der Waals surface area contributed by atoms with Crippen molar-refractivity contribution in [2.24, 2.45) is 0 Å². The number of pyridine rings is 1. The summed E-state index contributed by atoms with van der Waals surface area (Å²) in [6.07, 6.45) is 2.07. The standard InChI is InChI=1S/C12H12N.ClH/c1-11-7-5-6-10-13(11)12-8-3-2-4-9-12;/h2-10H,1H3;1H/q+1;/p-1. The topological polar surface area (TPSA) is 3.88 Å². The third-order valence-corrected chi connectivity index (χ3v) is 2.10. The largest absolute Gasteiger partial charge is 1.00 e. The van der Waals surface area contributed by atoms with Gasteiger partial charge in [-0.05, 0) is 0 Å². The van der Waals surface area contributed by atoms with Crippen LogP contribution >= 0.6 is 0 Å². The molecule has 1 aromatic heterocycles. The molecule has 2 rings (SSSR count). The first kappa shape index (κ1) is 10.7. The van der Waals surface area contributed by atoms with Crippen molar-refractivity contribution < 1.29 is 17.0 Å². The van der Waals surface area contributed by atoms with Gasteiger partial charge >= 0.3 is 0 Å². The van der Waals surface area contributed by atoms with Gasteiger partial charge in [0.2, 0.25) is 5.69 Å². The van der Waals surface area contributed by atoms with Crippen molar-refractivity contribution in [3.8, 4) is 5.69 Å². The van der Waals surface area contributed by atoms with Crippen LogP contribution in [-0.4, -0.2) is 0 Å². The summed E-state index contributed by atoms with van der Waals surface area (Å²) in [7, 11) is 0. The number of halogens is 1. The first-order chi connectivity index (χ1) is 6.38. The quantitative estimate of drug-likeness (QED) is 0.541. The molecule has 0 spiro atoms. The molecular formula is C12H12ClN. The van der Waals surface area contributed by atoms with Crippen LogP contribution in [-0.2, 0) is 0 Å². The molecule has 0 unspecified atom stereocenters. The summed E-state index contributed by atoms with van der Waals surface area (Å²) >= 11 is 0. The average molecular weight is 206 g/mol. The number of nitrogens with zero attached hydrogens (tertiary/aromatic N) is 1. The van der Waals surface area contributed by atoms with Crippen LogP contribution in [0.5, 0.6) is 0 Å². The Morgan fingerprint density at radius 2 is 1.50 bits per heavy atom. The summed E-state index contributed by atoms with van der Waals surface area (Å²) in [5.74, 6) is 0. The van der Waals surface area contributed by atoms with Gasteiger partial charge in [0.25, 0.3) is 0 Å². The highest BCUT2D eigenvalue weighted by atomic mass is 35.5. The molecule has 0 aliphatic heterocycles. The van der Waals surface area contributed by atoms with Crippen molar-refractivity contribution in [3.63, 3.8) is 0 Å². The number of rotatable bonds is 1. The lowest BCUT2D eigenvalue weighted by atomic mass is 10.3. The molecule has 2 aromatic rings. The molecule has 0 fully saturated rings. The Morgan fingerprint density at radius 3 is 2.14 bits per heavy atom. The Kier molecular flexibility index (Phi) is 3.66. The van der Waals surface area contributed by atoms with Crippen LogP contribution in [0.15, 0.2) is 54.7 Å². The van der Waals surface area contributed by atoms with Crippen molar-refractivity contribution >= 4 is 0 Å². The van der Waals surface area contributed by atoms with Gasteiger partial charge in [0.1, 0.15) is 0 Å². The van der Waals surface area contributed by atoms with Gasteiger partial charge in [-0.2, -0.15) is 4.57 Å². The van der Waals surface area contributed by atoms with E-state index >= 15 is 0 Å². The van der Waals surface area contributed by atoms with E-state index in [4.69, 9.17) is 0 Å². The summed E-state index contributed by atoms with van der Waals surface area (Å²) in [5.41, 5.74) is 2.45. The van der Waals surface area contributed by atoms with Crippen LogP contribution in [0.1, 0.15) is 5.69 Å². The maximum Gasteiger partial charge on any atom is 0.210 e. The zero-order chi connectivity index (χ0) is 9.10. The van der Waals surface area contributed by atoms with E-state index in [0.29, 0.717) is 0 Å². The molecule has 72 valence electrons. The molecule has 0 saturated heterocycles. The van der Waals surface area contributed by atoms with Crippen molar-refractivity contribution in [1.82, 2.24) is 0 Å². The Morgan fingerprint density at radius 1 is 0.857 bits per heavy atom. The molecule has 1 heterocycles. The highest BCUT2D eigenvalue weighted by Gasteiger charge is 2.06. The van der Waals surface area contributed by atoms with Crippen LogP contribution in [0.25, 0.3) is 5.69 Å². The van der Waals surface area contributed by atoms with Crippen LogP contribution in [0.4, 0.5) is 0 Å². The number of benzene rings is 1. The van der Waals surface area contributed by atoms with E-state index in [1.54, 1.807) is 0 Å². The lowest BCUT2D eigenvalue weighted by Gasteiger charge is -1.97. The number of hydrogen-bond donors (Lipinski definition) is 0. The number of hydrogen-bond acceptors (Lipinski definition) is 0. The molecule has 14 heavy (non-hydrogen) atoms. The predicted molar refractivity (Wildman–Crippen MR) is 52.7 cm³/mol. The molecule has 0 N–H and O–H groups in total. The van der Waals surface area contributed by atoms with Gasteiger partial charge in [-0.1, -0.05) is 24.3 Å². The third kappa shape index (κ3) is 2.12. The number of para-hydroxylation sites is 1. The fourth-order valence-electron chi connectivity index (χ4n) is 1.41. The second-order valence-corrected chi connectivity index (χ2v) is 3.05. The first-order valence-corrected chi connectivity index (χ1v) is 4.40. The molecule has 0 amide bonds. The van der Waals surface area contributed by atoms with Gasteiger partial charge in [-0.25, -0.2) is 0 Å². The molecule has 0 aliphatic rings. The Bertz CT molecular complexity index is 398. The Labute approximate surface area is 90.4 Å². The summed E-state index contributed by atoms with van der Waals surface area (Å²) in [5, 5.41) is 0. The zero-order valence-electron chi connectivity index (χ0n) is 8.02. The lowest BCUT2D eigenvalue weighted by molar-refractivity contribution is -0.602. The molecular weight excluding hydrogens is 194 g/mol. The van der Waals surface area contributed by atoms with Crippen LogP contribution in [0, 0.1) is 6.92 Å². The van der Waals surface area contributed by atoms with E-state index in [1.165, 1.54) is 11.4 Å². The van der Waals surface area contributed by atoms with E-state index in [1.807, 2.05) is 12.1 Å². The first-order valence-electron chi connectivity index (χ1n) is 4.40. The SMILES string of the molecule is Cc1cccc[n+]1-c1ccccc1.[Cl-]. The van der Waals surface area contributed by atoms with E-state index in [-0.39, 0.29) is 12.4 Å². The molecule has 0 bridgehead atoms. The predicted octanol–water partition coefficient (Wildman–Crippen LogP) is -0.724. The minimum Gasteiger partial charge on any atom is -1.00 e. The van der Waals surface area contributed by atoms with Gasteiger partial charge in [0.15, 0.2) is 11.9 Å². The lowest BCUT2D eigenvalue weighted by Crippen LogP contribution is -3.00. The molecule has 0 aliphatic carbocycles. The van der Waals surface area contributed by atoms with Crippen LogP contribution in [0.2, 0.25) is 0 Å². The van der Waals surface area contributed by atoms with Gasteiger partial charge in [0.05, 0.1) is 0 Å². The van der Waals surface area contributed by atoms with Crippen molar-refractivity contribution in [2.75, 3.05) is 0 Å². The van der Waals surface area contributed by atoms with E-state index in [0.717, 1.165) is 0 Å². The molecule has 0 saturated carbocycles. The highest BCUT2D eigenvalue weighted by Crippen LogP contribution is 1.99. The third-order valence-electron chi connectivity index (χ3n) is 2.10. The van der Waals surface area contributed by atoms with Gasteiger partial charge < -0.3 is 12.4 Å². The summed E-state index contributed by atoms with van der Waals surface area (Å²) < 4.78 is 2.17. The van der Waals surface area contributed by atoms with Crippen molar-refractivity contribution in [3.05, 3.63) is 60.4 Å². The normalized spacial score (nSPS) is 9.21. The fourth-order valence-corrected chi connectivity index (χ4v) is 1.41. The fraction of sp³-hybridized carbons (Fsp3) is 0.0833. The minimum atomic E-state index is 0. The Balaban J connectivity index is 0.000000980.